The Morgan fingerprint density at radius 2 is 2.04 bits per heavy atom. The fourth-order valence-electron chi connectivity index (χ4n) is 3.23. The number of ether oxygens (including phenoxy) is 1. The van der Waals surface area contributed by atoms with Gasteiger partial charge < -0.3 is 9.72 Å². The minimum absolute atomic E-state index is 0.101. The number of Topliss-reactive ketones (excluding diaryl/α,β-unsaturated/α-hetero) is 2. The zero-order valence-electron chi connectivity index (χ0n) is 14.4. The summed E-state index contributed by atoms with van der Waals surface area (Å²) in [6, 6.07) is 5.33. The van der Waals surface area contributed by atoms with Crippen molar-refractivity contribution in [3.05, 3.63) is 40.3 Å². The summed E-state index contributed by atoms with van der Waals surface area (Å²) in [4.78, 5) is 30.7. The van der Waals surface area contributed by atoms with Crippen LogP contribution in [0.15, 0.2) is 18.2 Å². The number of carbonyl (C=O) groups is 2. The van der Waals surface area contributed by atoms with Crippen LogP contribution in [0.3, 0.4) is 0 Å². The number of ketones is 2. The lowest BCUT2D eigenvalue weighted by Crippen LogP contribution is -2.36. The lowest BCUT2D eigenvalue weighted by Gasteiger charge is -2.26. The fraction of sp³-hybridized carbons (Fsp3) is 0.353. The SMILES string of the molecule is O=C(CC(=O)c1c(CN2CCOCC2)[nH]c2ccc(Cl)cc12)c1nn[nH]n1. The summed E-state index contributed by atoms with van der Waals surface area (Å²) >= 11 is 6.13. The molecule has 1 fully saturated rings. The molecule has 2 aromatic heterocycles. The Morgan fingerprint density at radius 3 is 2.78 bits per heavy atom. The summed E-state index contributed by atoms with van der Waals surface area (Å²) < 4.78 is 5.38. The first kappa shape index (κ1) is 17.8. The molecule has 0 atom stereocenters. The zero-order chi connectivity index (χ0) is 18.8. The van der Waals surface area contributed by atoms with E-state index in [2.05, 4.69) is 30.5 Å². The third-order valence-corrected chi connectivity index (χ3v) is 4.75. The van der Waals surface area contributed by atoms with E-state index in [1.165, 1.54) is 0 Å². The van der Waals surface area contributed by atoms with Gasteiger partial charge in [0, 0.05) is 46.8 Å². The topological polar surface area (TPSA) is 117 Å². The summed E-state index contributed by atoms with van der Waals surface area (Å²) in [6.07, 6.45) is -0.338. The van der Waals surface area contributed by atoms with E-state index in [-0.39, 0.29) is 18.0 Å². The molecular formula is C17H17ClN6O3. The van der Waals surface area contributed by atoms with Crippen LogP contribution in [0.4, 0.5) is 0 Å². The Bertz CT molecular complexity index is 978. The molecule has 0 spiro atoms. The number of aromatic nitrogens is 5. The Balaban J connectivity index is 1.67. The highest BCUT2D eigenvalue weighted by Crippen LogP contribution is 2.28. The van der Waals surface area contributed by atoms with E-state index in [9.17, 15) is 9.59 Å². The van der Waals surface area contributed by atoms with Gasteiger partial charge in [0.05, 0.1) is 19.6 Å². The Labute approximate surface area is 159 Å². The van der Waals surface area contributed by atoms with Crippen LogP contribution in [-0.2, 0) is 11.3 Å². The quantitative estimate of drug-likeness (QED) is 0.486. The molecule has 0 unspecified atom stereocenters. The molecule has 1 saturated heterocycles. The van der Waals surface area contributed by atoms with Gasteiger partial charge in [-0.2, -0.15) is 5.21 Å². The number of tetrazole rings is 1. The maximum Gasteiger partial charge on any atom is 0.240 e. The predicted molar refractivity (Wildman–Crippen MR) is 96.9 cm³/mol. The number of fused-ring (bicyclic) bond motifs is 1. The minimum Gasteiger partial charge on any atom is -0.379 e. The highest BCUT2D eigenvalue weighted by atomic mass is 35.5. The highest BCUT2D eigenvalue weighted by molar-refractivity contribution is 6.31. The third-order valence-electron chi connectivity index (χ3n) is 4.52. The molecule has 3 aromatic rings. The van der Waals surface area contributed by atoms with Gasteiger partial charge in [-0.05, 0) is 23.4 Å². The van der Waals surface area contributed by atoms with Crippen LogP contribution >= 0.6 is 11.6 Å². The molecule has 1 aromatic carbocycles. The molecule has 1 aliphatic rings. The normalized spacial score (nSPS) is 15.3. The molecule has 0 radical (unpaired) electrons. The molecule has 140 valence electrons. The van der Waals surface area contributed by atoms with Crippen LogP contribution < -0.4 is 0 Å². The molecule has 0 saturated carbocycles. The molecule has 0 aliphatic carbocycles. The number of hydrogen-bond donors (Lipinski definition) is 2. The van der Waals surface area contributed by atoms with E-state index in [4.69, 9.17) is 16.3 Å². The Hall–Kier alpha value is -2.62. The number of halogens is 1. The summed E-state index contributed by atoms with van der Waals surface area (Å²) in [5.41, 5.74) is 2.05. The van der Waals surface area contributed by atoms with Crippen molar-refractivity contribution in [2.24, 2.45) is 0 Å². The first-order valence-electron chi connectivity index (χ1n) is 8.52. The lowest BCUT2D eigenvalue weighted by atomic mass is 10.0. The van der Waals surface area contributed by atoms with Crippen molar-refractivity contribution >= 4 is 34.1 Å². The number of nitrogens with zero attached hydrogens (tertiary/aromatic N) is 4. The molecule has 10 heteroatoms. The van der Waals surface area contributed by atoms with Gasteiger partial charge >= 0.3 is 0 Å². The van der Waals surface area contributed by atoms with Crippen LogP contribution in [0.25, 0.3) is 10.9 Å². The Kier molecular flexibility index (Phi) is 4.97. The summed E-state index contributed by atoms with van der Waals surface area (Å²) in [6.45, 7) is 3.45. The van der Waals surface area contributed by atoms with Crippen molar-refractivity contribution in [3.63, 3.8) is 0 Å². The smallest absolute Gasteiger partial charge is 0.240 e. The van der Waals surface area contributed by atoms with Crippen LogP contribution in [0.2, 0.25) is 5.02 Å². The number of morpholine rings is 1. The summed E-state index contributed by atoms with van der Waals surface area (Å²) in [7, 11) is 0. The van der Waals surface area contributed by atoms with Crippen LogP contribution in [0.1, 0.15) is 33.1 Å². The number of aromatic amines is 2. The van der Waals surface area contributed by atoms with Crippen LogP contribution in [0.5, 0.6) is 0 Å². The summed E-state index contributed by atoms with van der Waals surface area (Å²) in [5, 5.41) is 14.1. The molecule has 0 amide bonds. The average Bonchev–Trinajstić information content (AvgIpc) is 3.30. The largest absolute Gasteiger partial charge is 0.379 e. The van der Waals surface area contributed by atoms with Gasteiger partial charge in [0.15, 0.2) is 5.78 Å². The number of H-pyrrole nitrogens is 2. The van der Waals surface area contributed by atoms with Gasteiger partial charge in [0.2, 0.25) is 11.6 Å². The molecule has 4 rings (SSSR count). The molecule has 0 bridgehead atoms. The minimum atomic E-state index is -0.484. The molecule has 3 heterocycles. The Morgan fingerprint density at radius 1 is 1.22 bits per heavy atom. The molecular weight excluding hydrogens is 372 g/mol. The van der Waals surface area contributed by atoms with Crippen molar-refractivity contribution in [1.82, 2.24) is 30.5 Å². The molecule has 1 aliphatic heterocycles. The van der Waals surface area contributed by atoms with Crippen molar-refractivity contribution in [2.45, 2.75) is 13.0 Å². The van der Waals surface area contributed by atoms with Gasteiger partial charge in [-0.3, -0.25) is 14.5 Å². The zero-order valence-corrected chi connectivity index (χ0v) is 15.1. The number of rotatable bonds is 6. The second-order valence-corrected chi connectivity index (χ2v) is 6.75. The van der Waals surface area contributed by atoms with Gasteiger partial charge in [0.25, 0.3) is 0 Å². The average molecular weight is 389 g/mol. The fourth-order valence-corrected chi connectivity index (χ4v) is 3.41. The van der Waals surface area contributed by atoms with Crippen molar-refractivity contribution in [2.75, 3.05) is 26.3 Å². The van der Waals surface area contributed by atoms with Crippen molar-refractivity contribution < 1.29 is 14.3 Å². The highest BCUT2D eigenvalue weighted by Gasteiger charge is 2.24. The predicted octanol–water partition coefficient (Wildman–Crippen LogP) is 1.62. The number of carbonyl (C=O) groups excluding carboxylic acids is 2. The first-order chi connectivity index (χ1) is 13.1. The van der Waals surface area contributed by atoms with Crippen molar-refractivity contribution in [3.8, 4) is 0 Å². The van der Waals surface area contributed by atoms with Gasteiger partial charge in [-0.25, -0.2) is 0 Å². The molecule has 9 nitrogen and oxygen atoms in total. The third kappa shape index (κ3) is 3.75. The maximum absolute atomic E-state index is 13.0. The number of hydrogen-bond acceptors (Lipinski definition) is 7. The molecule has 2 N–H and O–H groups in total. The second-order valence-electron chi connectivity index (χ2n) is 6.32. The lowest BCUT2D eigenvalue weighted by molar-refractivity contribution is 0.0336. The van der Waals surface area contributed by atoms with Crippen molar-refractivity contribution in [1.29, 1.82) is 0 Å². The van der Waals surface area contributed by atoms with Crippen LogP contribution in [0, 0.1) is 0 Å². The van der Waals surface area contributed by atoms with Gasteiger partial charge in [0.1, 0.15) is 0 Å². The first-order valence-corrected chi connectivity index (χ1v) is 8.89. The molecule has 27 heavy (non-hydrogen) atoms. The van der Waals surface area contributed by atoms with E-state index in [0.29, 0.717) is 35.7 Å². The monoisotopic (exact) mass is 388 g/mol. The van der Waals surface area contributed by atoms with E-state index >= 15 is 0 Å². The van der Waals surface area contributed by atoms with E-state index in [1.54, 1.807) is 12.1 Å². The second kappa shape index (κ2) is 7.55. The van der Waals surface area contributed by atoms with E-state index in [1.807, 2.05) is 6.07 Å². The number of nitrogens with one attached hydrogen (secondary N) is 2. The van der Waals surface area contributed by atoms with Crippen LogP contribution in [-0.4, -0.2) is 68.4 Å². The number of benzene rings is 1. The standard InChI is InChI=1S/C17H17ClN6O3/c18-10-1-2-12-11(7-10)16(13(19-12)9-24-3-5-27-6-4-24)14(25)8-15(26)17-20-22-23-21-17/h1-2,7,19H,3-6,8-9H2,(H,20,21,22,23). The van der Waals surface area contributed by atoms with Gasteiger partial charge in [-0.1, -0.05) is 11.6 Å². The van der Waals surface area contributed by atoms with E-state index < -0.39 is 5.78 Å². The maximum atomic E-state index is 13.0. The summed E-state index contributed by atoms with van der Waals surface area (Å²) in [5.74, 6) is -0.889. The van der Waals surface area contributed by atoms with E-state index in [0.717, 1.165) is 24.3 Å². The van der Waals surface area contributed by atoms with Gasteiger partial charge in [-0.15, -0.1) is 10.2 Å².